The van der Waals surface area contributed by atoms with E-state index < -0.39 is 24.5 Å². The Balaban J connectivity index is 2.36. The number of pyridine rings is 1. The molecular formula is C14H12Cl2N2O4. The van der Waals surface area contributed by atoms with E-state index in [1.54, 1.807) is 18.2 Å². The summed E-state index contributed by atoms with van der Waals surface area (Å²) < 4.78 is 4.48. The quantitative estimate of drug-likeness (QED) is 0.827. The van der Waals surface area contributed by atoms with E-state index in [-0.39, 0.29) is 10.6 Å². The number of rotatable bonds is 4. The number of esters is 1. The van der Waals surface area contributed by atoms with Crippen molar-refractivity contribution in [3.05, 3.63) is 40.0 Å². The molecule has 0 fully saturated rings. The van der Waals surface area contributed by atoms with Gasteiger partial charge in [-0.2, -0.15) is 0 Å². The van der Waals surface area contributed by atoms with Gasteiger partial charge in [0, 0.05) is 16.6 Å². The van der Waals surface area contributed by atoms with Crippen molar-refractivity contribution in [2.24, 2.45) is 0 Å². The fourth-order valence-corrected chi connectivity index (χ4v) is 2.31. The number of hydrogen-bond acceptors (Lipinski definition) is 5. The summed E-state index contributed by atoms with van der Waals surface area (Å²) in [5, 5.41) is 12.6. The highest BCUT2D eigenvalue weighted by molar-refractivity contribution is 6.39. The number of nitrogens with one attached hydrogen (secondary N) is 1. The van der Waals surface area contributed by atoms with E-state index in [2.05, 4.69) is 15.0 Å². The van der Waals surface area contributed by atoms with Crippen molar-refractivity contribution < 1.29 is 19.4 Å². The summed E-state index contributed by atoms with van der Waals surface area (Å²) in [5.74, 6) is -1.41. The van der Waals surface area contributed by atoms with Crippen LogP contribution in [0.25, 0.3) is 10.9 Å². The van der Waals surface area contributed by atoms with E-state index in [9.17, 15) is 9.59 Å². The van der Waals surface area contributed by atoms with Gasteiger partial charge in [-0.1, -0.05) is 23.2 Å². The van der Waals surface area contributed by atoms with Crippen molar-refractivity contribution in [3.63, 3.8) is 0 Å². The number of aliphatic hydroxyl groups is 1. The first-order valence-electron chi connectivity index (χ1n) is 6.21. The molecule has 0 radical (unpaired) electrons. The Morgan fingerprint density at radius 1 is 1.41 bits per heavy atom. The number of hydrogen-bond donors (Lipinski definition) is 2. The molecule has 2 aromatic rings. The molecule has 0 bridgehead atoms. The molecule has 2 N–H and O–H groups in total. The molecule has 1 amide bonds. The fourth-order valence-electron chi connectivity index (χ4n) is 1.85. The van der Waals surface area contributed by atoms with Crippen LogP contribution in [-0.4, -0.2) is 41.7 Å². The largest absolute Gasteiger partial charge is 0.467 e. The molecule has 0 aliphatic rings. The Hall–Kier alpha value is -1.89. The first-order chi connectivity index (χ1) is 10.5. The van der Waals surface area contributed by atoms with Crippen LogP contribution in [0.15, 0.2) is 24.4 Å². The monoisotopic (exact) mass is 342 g/mol. The van der Waals surface area contributed by atoms with Crippen molar-refractivity contribution in [3.8, 4) is 0 Å². The Bertz CT molecular complexity index is 736. The maximum atomic E-state index is 12.2. The number of fused-ring (bicyclic) bond motifs is 1. The SMILES string of the molecule is COC(=O)[C@H](CO)NC(=O)c1cnc2ccc(Cl)cc2c1Cl. The summed E-state index contributed by atoms with van der Waals surface area (Å²) in [6.45, 7) is -0.594. The van der Waals surface area contributed by atoms with Gasteiger partial charge < -0.3 is 15.2 Å². The number of ether oxygens (including phenoxy) is 1. The lowest BCUT2D eigenvalue weighted by molar-refractivity contribution is -0.143. The zero-order chi connectivity index (χ0) is 16.3. The third-order valence-electron chi connectivity index (χ3n) is 2.98. The van der Waals surface area contributed by atoms with Crippen LogP contribution in [0.5, 0.6) is 0 Å². The average molecular weight is 343 g/mol. The normalized spacial score (nSPS) is 12.0. The van der Waals surface area contributed by atoms with Gasteiger partial charge in [0.1, 0.15) is 0 Å². The highest BCUT2D eigenvalue weighted by atomic mass is 35.5. The maximum absolute atomic E-state index is 12.2. The minimum atomic E-state index is -1.18. The van der Waals surface area contributed by atoms with E-state index in [0.717, 1.165) is 7.11 Å². The number of methoxy groups -OCH3 is 1. The summed E-state index contributed by atoms with van der Waals surface area (Å²) in [6, 6.07) is 3.75. The van der Waals surface area contributed by atoms with Crippen LogP contribution in [0, 0.1) is 0 Å². The standard InChI is InChI=1S/C14H12Cl2N2O4/c1-22-14(21)11(6-19)18-13(20)9-5-17-10-3-2-7(15)4-8(10)12(9)16/h2-5,11,19H,6H2,1H3,(H,18,20)/t11-/m0/s1. The summed E-state index contributed by atoms with van der Waals surface area (Å²) in [5.41, 5.74) is 0.649. The van der Waals surface area contributed by atoms with Crippen molar-refractivity contribution in [2.45, 2.75) is 6.04 Å². The summed E-state index contributed by atoms with van der Waals surface area (Å²) in [4.78, 5) is 27.7. The Labute approximate surface area is 136 Å². The summed E-state index contributed by atoms with van der Waals surface area (Å²) >= 11 is 12.1. The molecule has 1 aromatic heterocycles. The molecule has 22 heavy (non-hydrogen) atoms. The molecule has 116 valence electrons. The van der Waals surface area contributed by atoms with Crippen LogP contribution < -0.4 is 5.32 Å². The number of carbonyl (C=O) groups excluding carboxylic acids is 2. The molecule has 1 atom stereocenters. The molecule has 0 saturated carbocycles. The van der Waals surface area contributed by atoms with Gasteiger partial charge in [0.05, 0.1) is 29.8 Å². The predicted molar refractivity (Wildman–Crippen MR) is 82.1 cm³/mol. The van der Waals surface area contributed by atoms with E-state index in [4.69, 9.17) is 28.3 Å². The Kier molecular flexibility index (Phi) is 5.18. The lowest BCUT2D eigenvalue weighted by Crippen LogP contribution is -2.44. The minimum Gasteiger partial charge on any atom is -0.467 e. The third-order valence-corrected chi connectivity index (χ3v) is 3.62. The molecule has 0 aliphatic heterocycles. The second-order valence-electron chi connectivity index (χ2n) is 4.38. The van der Waals surface area contributed by atoms with E-state index in [0.29, 0.717) is 15.9 Å². The van der Waals surface area contributed by atoms with Crippen molar-refractivity contribution in [2.75, 3.05) is 13.7 Å². The number of benzene rings is 1. The predicted octanol–water partition coefficient (Wildman–Crippen LogP) is 1.81. The molecule has 0 saturated heterocycles. The van der Waals surface area contributed by atoms with Gasteiger partial charge in [-0.3, -0.25) is 9.78 Å². The topological polar surface area (TPSA) is 88.5 Å². The minimum absolute atomic E-state index is 0.0683. The smallest absolute Gasteiger partial charge is 0.330 e. The second kappa shape index (κ2) is 6.91. The first-order valence-corrected chi connectivity index (χ1v) is 6.96. The zero-order valence-corrected chi connectivity index (χ0v) is 13.0. The van der Waals surface area contributed by atoms with Gasteiger partial charge in [0.25, 0.3) is 5.91 Å². The lowest BCUT2D eigenvalue weighted by atomic mass is 10.1. The summed E-state index contributed by atoms with van der Waals surface area (Å²) in [7, 11) is 1.16. The van der Waals surface area contributed by atoms with Crippen molar-refractivity contribution in [1.82, 2.24) is 10.3 Å². The molecule has 6 nitrogen and oxygen atoms in total. The molecule has 0 unspecified atom stereocenters. The van der Waals surface area contributed by atoms with Crippen molar-refractivity contribution in [1.29, 1.82) is 0 Å². The number of amides is 1. The average Bonchev–Trinajstić information content (AvgIpc) is 2.52. The highest BCUT2D eigenvalue weighted by Gasteiger charge is 2.23. The molecule has 2 rings (SSSR count). The Morgan fingerprint density at radius 3 is 2.77 bits per heavy atom. The van der Waals surface area contributed by atoms with E-state index >= 15 is 0 Å². The maximum Gasteiger partial charge on any atom is 0.330 e. The molecule has 0 spiro atoms. The molecular weight excluding hydrogens is 331 g/mol. The number of aromatic nitrogens is 1. The van der Waals surface area contributed by atoms with E-state index in [1.807, 2.05) is 0 Å². The molecule has 1 aromatic carbocycles. The van der Waals surface area contributed by atoms with Crippen LogP contribution in [0.2, 0.25) is 10.0 Å². The van der Waals surface area contributed by atoms with Gasteiger partial charge in [0.2, 0.25) is 0 Å². The zero-order valence-electron chi connectivity index (χ0n) is 11.5. The van der Waals surface area contributed by atoms with E-state index in [1.165, 1.54) is 6.20 Å². The van der Waals surface area contributed by atoms with Crippen LogP contribution in [0.4, 0.5) is 0 Å². The van der Waals surface area contributed by atoms with Gasteiger partial charge in [-0.05, 0) is 18.2 Å². The van der Waals surface area contributed by atoms with Gasteiger partial charge >= 0.3 is 5.97 Å². The lowest BCUT2D eigenvalue weighted by Gasteiger charge is -2.14. The van der Waals surface area contributed by atoms with Crippen LogP contribution >= 0.6 is 23.2 Å². The number of nitrogens with zero attached hydrogens (tertiary/aromatic N) is 1. The van der Waals surface area contributed by atoms with Crippen molar-refractivity contribution >= 4 is 46.0 Å². The van der Waals surface area contributed by atoms with Crippen LogP contribution in [0.1, 0.15) is 10.4 Å². The van der Waals surface area contributed by atoms with Crippen LogP contribution in [0.3, 0.4) is 0 Å². The van der Waals surface area contributed by atoms with Gasteiger partial charge in [0.15, 0.2) is 6.04 Å². The second-order valence-corrected chi connectivity index (χ2v) is 5.19. The third kappa shape index (κ3) is 3.30. The number of carbonyl (C=O) groups is 2. The molecule has 8 heteroatoms. The highest BCUT2D eigenvalue weighted by Crippen LogP contribution is 2.28. The van der Waals surface area contributed by atoms with Gasteiger partial charge in [-0.25, -0.2) is 4.79 Å². The van der Waals surface area contributed by atoms with Crippen LogP contribution in [-0.2, 0) is 9.53 Å². The first kappa shape index (κ1) is 16.5. The Morgan fingerprint density at radius 2 is 2.14 bits per heavy atom. The summed E-state index contributed by atoms with van der Waals surface area (Å²) in [6.07, 6.45) is 1.29. The number of aliphatic hydroxyl groups excluding tert-OH is 1. The molecule has 1 heterocycles. The molecule has 0 aliphatic carbocycles. The van der Waals surface area contributed by atoms with Gasteiger partial charge in [-0.15, -0.1) is 0 Å². The fraction of sp³-hybridized carbons (Fsp3) is 0.214. The number of halogens is 2.